The molecule has 0 aliphatic heterocycles. The predicted octanol–water partition coefficient (Wildman–Crippen LogP) is 2.14. The van der Waals surface area contributed by atoms with Gasteiger partial charge in [-0.1, -0.05) is 6.92 Å². The van der Waals surface area contributed by atoms with Crippen LogP contribution in [0.3, 0.4) is 0 Å². The molecule has 0 heterocycles. The second-order valence-electron chi connectivity index (χ2n) is 5.06. The smallest absolute Gasteiger partial charge is 0.103 e. The van der Waals surface area contributed by atoms with Gasteiger partial charge in [0.25, 0.3) is 0 Å². The molecule has 3 nitrogen and oxygen atoms in total. The van der Waals surface area contributed by atoms with Gasteiger partial charge in [0.05, 0.1) is 6.07 Å². The van der Waals surface area contributed by atoms with Crippen LogP contribution in [0.2, 0.25) is 0 Å². The van der Waals surface area contributed by atoms with E-state index in [0.29, 0.717) is 0 Å². The molecule has 1 aliphatic rings. The molecule has 0 saturated heterocycles. The largest absolute Gasteiger partial charge is 0.303 e. The van der Waals surface area contributed by atoms with Gasteiger partial charge in [0.2, 0.25) is 0 Å². The third-order valence-corrected chi connectivity index (χ3v) is 3.49. The molecule has 1 unspecified atom stereocenters. The van der Waals surface area contributed by atoms with Crippen LogP contribution in [0.4, 0.5) is 0 Å². The maximum Gasteiger partial charge on any atom is 0.103 e. The summed E-state index contributed by atoms with van der Waals surface area (Å²) in [5.74, 6) is 0. The van der Waals surface area contributed by atoms with Crippen molar-refractivity contribution < 1.29 is 0 Å². The van der Waals surface area contributed by atoms with E-state index in [-0.39, 0.29) is 5.54 Å². The Kier molecular flexibility index (Phi) is 5.24. The van der Waals surface area contributed by atoms with Crippen LogP contribution in [0.5, 0.6) is 0 Å². The summed E-state index contributed by atoms with van der Waals surface area (Å²) in [6, 6.07) is 3.20. The van der Waals surface area contributed by atoms with Crippen LogP contribution in [0.25, 0.3) is 0 Å². The van der Waals surface area contributed by atoms with E-state index < -0.39 is 0 Å². The number of rotatable bonds is 8. The monoisotopic (exact) mass is 223 g/mol. The Morgan fingerprint density at radius 2 is 2.12 bits per heavy atom. The van der Waals surface area contributed by atoms with E-state index in [1.807, 2.05) is 14.0 Å². The van der Waals surface area contributed by atoms with E-state index in [4.69, 9.17) is 5.26 Å². The molecule has 0 aromatic carbocycles. The molecule has 16 heavy (non-hydrogen) atoms. The third kappa shape index (κ3) is 4.11. The Balaban J connectivity index is 2.24. The van der Waals surface area contributed by atoms with Gasteiger partial charge in [-0.3, -0.25) is 0 Å². The fourth-order valence-electron chi connectivity index (χ4n) is 2.08. The summed E-state index contributed by atoms with van der Waals surface area (Å²) in [7, 11) is 1.87. The molecule has 0 bridgehead atoms. The molecule has 1 saturated carbocycles. The van der Waals surface area contributed by atoms with Gasteiger partial charge in [0.1, 0.15) is 5.54 Å². The Labute approximate surface area is 99.8 Å². The highest BCUT2D eigenvalue weighted by atomic mass is 15.2. The molecule has 0 spiro atoms. The summed E-state index contributed by atoms with van der Waals surface area (Å²) in [6.45, 7) is 6.58. The van der Waals surface area contributed by atoms with E-state index >= 15 is 0 Å². The van der Waals surface area contributed by atoms with Crippen LogP contribution < -0.4 is 5.32 Å². The van der Waals surface area contributed by atoms with Crippen LogP contribution in [0.15, 0.2) is 0 Å². The lowest BCUT2D eigenvalue weighted by Crippen LogP contribution is -2.39. The summed E-state index contributed by atoms with van der Waals surface area (Å²) >= 11 is 0. The third-order valence-electron chi connectivity index (χ3n) is 3.49. The van der Waals surface area contributed by atoms with E-state index in [0.717, 1.165) is 25.4 Å². The summed E-state index contributed by atoms with van der Waals surface area (Å²) < 4.78 is 0. The topological polar surface area (TPSA) is 39.1 Å². The van der Waals surface area contributed by atoms with Crippen molar-refractivity contribution in [3.8, 4) is 6.07 Å². The first kappa shape index (κ1) is 13.5. The lowest BCUT2D eigenvalue weighted by atomic mass is 9.98. The number of nitriles is 1. The first-order valence-electron chi connectivity index (χ1n) is 6.49. The minimum atomic E-state index is -0.346. The van der Waals surface area contributed by atoms with Crippen molar-refractivity contribution in [2.75, 3.05) is 20.1 Å². The maximum absolute atomic E-state index is 9.05. The van der Waals surface area contributed by atoms with Gasteiger partial charge in [-0.05, 0) is 59.2 Å². The molecule has 0 radical (unpaired) electrons. The zero-order valence-corrected chi connectivity index (χ0v) is 10.9. The number of hydrogen-bond acceptors (Lipinski definition) is 3. The van der Waals surface area contributed by atoms with E-state index in [2.05, 4.69) is 23.2 Å². The van der Waals surface area contributed by atoms with Crippen LogP contribution in [-0.4, -0.2) is 36.6 Å². The fraction of sp³-hybridized carbons (Fsp3) is 0.923. The highest BCUT2D eigenvalue weighted by molar-refractivity contribution is 5.02. The first-order valence-corrected chi connectivity index (χ1v) is 6.49. The SMILES string of the molecule is CCCN(CCCC(C)(C#N)NC)C1CC1. The molecule has 0 aromatic rings. The summed E-state index contributed by atoms with van der Waals surface area (Å²) in [4.78, 5) is 2.59. The van der Waals surface area contributed by atoms with Crippen LogP contribution >= 0.6 is 0 Å². The van der Waals surface area contributed by atoms with Crippen molar-refractivity contribution in [2.45, 2.75) is 57.5 Å². The molecule has 1 atom stereocenters. The molecule has 1 rings (SSSR count). The van der Waals surface area contributed by atoms with Gasteiger partial charge < -0.3 is 10.2 Å². The summed E-state index contributed by atoms with van der Waals surface area (Å²) in [5, 5.41) is 12.1. The van der Waals surface area contributed by atoms with Crippen LogP contribution in [0, 0.1) is 11.3 Å². The zero-order valence-electron chi connectivity index (χ0n) is 10.9. The Hall–Kier alpha value is -0.590. The number of nitrogens with zero attached hydrogens (tertiary/aromatic N) is 2. The molecule has 1 aliphatic carbocycles. The lowest BCUT2D eigenvalue weighted by Gasteiger charge is -2.25. The van der Waals surface area contributed by atoms with Crippen LogP contribution in [-0.2, 0) is 0 Å². The highest BCUT2D eigenvalue weighted by Gasteiger charge is 2.28. The fourth-order valence-corrected chi connectivity index (χ4v) is 2.08. The molecule has 1 fully saturated rings. The van der Waals surface area contributed by atoms with Crippen molar-refractivity contribution in [3.63, 3.8) is 0 Å². The van der Waals surface area contributed by atoms with E-state index in [1.54, 1.807) is 0 Å². The van der Waals surface area contributed by atoms with Gasteiger partial charge in [0, 0.05) is 6.04 Å². The molecule has 3 heteroatoms. The van der Waals surface area contributed by atoms with Crippen molar-refractivity contribution in [1.82, 2.24) is 10.2 Å². The second-order valence-corrected chi connectivity index (χ2v) is 5.06. The molecular formula is C13H25N3. The van der Waals surface area contributed by atoms with Crippen molar-refractivity contribution in [3.05, 3.63) is 0 Å². The number of nitrogens with one attached hydrogen (secondary N) is 1. The summed E-state index contributed by atoms with van der Waals surface area (Å²) in [5.41, 5.74) is -0.346. The van der Waals surface area contributed by atoms with Crippen molar-refractivity contribution in [2.24, 2.45) is 0 Å². The Morgan fingerprint density at radius 1 is 1.44 bits per heavy atom. The Morgan fingerprint density at radius 3 is 2.56 bits per heavy atom. The number of hydrogen-bond donors (Lipinski definition) is 1. The average molecular weight is 223 g/mol. The van der Waals surface area contributed by atoms with Gasteiger partial charge >= 0.3 is 0 Å². The first-order chi connectivity index (χ1) is 7.65. The van der Waals surface area contributed by atoms with E-state index in [1.165, 1.54) is 25.8 Å². The molecule has 92 valence electrons. The van der Waals surface area contributed by atoms with Gasteiger partial charge in [-0.25, -0.2) is 0 Å². The minimum Gasteiger partial charge on any atom is -0.303 e. The van der Waals surface area contributed by atoms with Crippen molar-refractivity contribution >= 4 is 0 Å². The minimum absolute atomic E-state index is 0.346. The normalized spacial score (nSPS) is 19.4. The van der Waals surface area contributed by atoms with Gasteiger partial charge in [-0.2, -0.15) is 5.26 Å². The molecule has 0 amide bonds. The van der Waals surface area contributed by atoms with Gasteiger partial charge in [-0.15, -0.1) is 0 Å². The highest BCUT2D eigenvalue weighted by Crippen LogP contribution is 2.27. The maximum atomic E-state index is 9.05. The summed E-state index contributed by atoms with van der Waals surface area (Å²) in [6.07, 6.45) is 6.04. The zero-order chi connectivity index (χ0) is 12.0. The molecule has 0 aromatic heterocycles. The lowest BCUT2D eigenvalue weighted by molar-refractivity contribution is 0.249. The standard InChI is InChI=1S/C13H25N3/c1-4-9-16(12-6-7-12)10-5-8-13(2,11-14)15-3/h12,15H,4-10H2,1-3H3. The van der Waals surface area contributed by atoms with Crippen LogP contribution in [0.1, 0.15) is 46.0 Å². The van der Waals surface area contributed by atoms with E-state index in [9.17, 15) is 0 Å². The molecular weight excluding hydrogens is 198 g/mol. The molecule has 1 N–H and O–H groups in total. The quantitative estimate of drug-likeness (QED) is 0.685. The second kappa shape index (κ2) is 6.22. The Bertz CT molecular complexity index is 242. The van der Waals surface area contributed by atoms with Crippen molar-refractivity contribution in [1.29, 1.82) is 5.26 Å². The predicted molar refractivity (Wildman–Crippen MR) is 67.2 cm³/mol. The average Bonchev–Trinajstić information content (AvgIpc) is 3.11. The van der Waals surface area contributed by atoms with Gasteiger partial charge in [0.15, 0.2) is 0 Å².